The van der Waals surface area contributed by atoms with Gasteiger partial charge in [-0.1, -0.05) is 72.8 Å². The standard InChI is InChI=1S/C26H28N2O3/c1-19(28(2)17-22-18-30-23-15-9-10-16-24(23)31-22)26(29)27-25(20-11-5-3-6-12-20)21-13-7-4-8-14-21/h3-16,19,22,25H,17-18H2,1-2H3,(H,27,29)/p+1/t19-,22+/m0/s1. The number of para-hydroxylation sites is 2. The van der Waals surface area contributed by atoms with Gasteiger partial charge in [0.2, 0.25) is 0 Å². The molecule has 0 aliphatic carbocycles. The first-order valence-corrected chi connectivity index (χ1v) is 10.7. The maximum Gasteiger partial charge on any atom is 0.278 e. The van der Waals surface area contributed by atoms with Crippen LogP contribution in [0.5, 0.6) is 11.5 Å². The van der Waals surface area contributed by atoms with Crippen molar-refractivity contribution >= 4 is 5.91 Å². The second-order valence-electron chi connectivity index (χ2n) is 8.03. The van der Waals surface area contributed by atoms with E-state index in [1.165, 1.54) is 0 Å². The van der Waals surface area contributed by atoms with E-state index in [0.717, 1.165) is 27.5 Å². The number of hydrogen-bond donors (Lipinski definition) is 2. The molecule has 0 spiro atoms. The van der Waals surface area contributed by atoms with Gasteiger partial charge in [0.05, 0.1) is 13.1 Å². The molecule has 0 aromatic heterocycles. The van der Waals surface area contributed by atoms with Crippen LogP contribution in [0.3, 0.4) is 0 Å². The van der Waals surface area contributed by atoms with Gasteiger partial charge in [-0.15, -0.1) is 0 Å². The molecule has 0 saturated carbocycles. The minimum atomic E-state index is -0.240. The lowest BCUT2D eigenvalue weighted by Gasteiger charge is -2.30. The van der Waals surface area contributed by atoms with Gasteiger partial charge in [-0.05, 0) is 30.2 Å². The van der Waals surface area contributed by atoms with Gasteiger partial charge >= 0.3 is 0 Å². The van der Waals surface area contributed by atoms with Crippen molar-refractivity contribution in [1.82, 2.24) is 5.32 Å². The zero-order valence-corrected chi connectivity index (χ0v) is 18.0. The minimum absolute atomic E-state index is 0.00679. The summed E-state index contributed by atoms with van der Waals surface area (Å²) in [6, 6.07) is 27.4. The third-order valence-electron chi connectivity index (χ3n) is 5.80. The van der Waals surface area contributed by atoms with Gasteiger partial charge in [0.1, 0.15) is 13.2 Å². The lowest BCUT2D eigenvalue weighted by atomic mass is 9.98. The highest BCUT2D eigenvalue weighted by Crippen LogP contribution is 2.30. The number of likely N-dealkylation sites (N-methyl/N-ethyl adjacent to an activating group) is 1. The number of amides is 1. The molecule has 2 N–H and O–H groups in total. The summed E-state index contributed by atoms with van der Waals surface area (Å²) in [5.41, 5.74) is 2.13. The average molecular weight is 418 g/mol. The summed E-state index contributed by atoms with van der Waals surface area (Å²) >= 11 is 0. The number of quaternary nitrogens is 1. The fourth-order valence-electron chi connectivity index (χ4n) is 3.84. The maximum absolute atomic E-state index is 13.2. The van der Waals surface area contributed by atoms with Crippen molar-refractivity contribution in [3.05, 3.63) is 96.1 Å². The summed E-state index contributed by atoms with van der Waals surface area (Å²) in [5.74, 6) is 1.54. The molecule has 1 aliphatic rings. The van der Waals surface area contributed by atoms with Gasteiger partial charge in [-0.25, -0.2) is 0 Å². The van der Waals surface area contributed by atoms with E-state index in [4.69, 9.17) is 9.47 Å². The highest BCUT2D eigenvalue weighted by Gasteiger charge is 2.30. The molecule has 1 amide bonds. The second kappa shape index (κ2) is 9.67. The van der Waals surface area contributed by atoms with E-state index in [0.29, 0.717) is 13.2 Å². The number of fused-ring (bicyclic) bond motifs is 1. The number of carbonyl (C=O) groups excluding carboxylic acids is 1. The quantitative estimate of drug-likeness (QED) is 0.622. The molecule has 1 unspecified atom stereocenters. The van der Waals surface area contributed by atoms with Crippen LogP contribution in [0, 0.1) is 0 Å². The smallest absolute Gasteiger partial charge is 0.278 e. The molecule has 0 bridgehead atoms. The number of hydrogen-bond acceptors (Lipinski definition) is 3. The van der Waals surface area contributed by atoms with Crippen LogP contribution in [-0.4, -0.2) is 38.3 Å². The van der Waals surface area contributed by atoms with Crippen LogP contribution < -0.4 is 19.7 Å². The Morgan fingerprint density at radius 3 is 2.10 bits per heavy atom. The van der Waals surface area contributed by atoms with Crippen LogP contribution in [-0.2, 0) is 4.79 Å². The lowest BCUT2D eigenvalue weighted by Crippen LogP contribution is -3.15. The van der Waals surface area contributed by atoms with E-state index < -0.39 is 0 Å². The Bertz CT molecular complexity index is 954. The van der Waals surface area contributed by atoms with Crippen molar-refractivity contribution in [1.29, 1.82) is 0 Å². The van der Waals surface area contributed by atoms with Crippen LogP contribution in [0.25, 0.3) is 0 Å². The predicted octanol–water partition coefficient (Wildman–Crippen LogP) is 2.64. The van der Waals surface area contributed by atoms with Crippen molar-refractivity contribution in [2.24, 2.45) is 0 Å². The van der Waals surface area contributed by atoms with Gasteiger partial charge in [0, 0.05) is 0 Å². The highest BCUT2D eigenvalue weighted by molar-refractivity contribution is 5.80. The minimum Gasteiger partial charge on any atom is -0.486 e. The van der Waals surface area contributed by atoms with E-state index in [1.807, 2.05) is 98.9 Å². The molecule has 3 atom stereocenters. The SMILES string of the molecule is C[C@@H](C(=O)NC(c1ccccc1)c1ccccc1)[NH+](C)C[C@@H]1COc2ccccc2O1. The Balaban J connectivity index is 1.42. The Morgan fingerprint density at radius 1 is 0.935 bits per heavy atom. The molecule has 0 radical (unpaired) electrons. The number of rotatable bonds is 7. The topological polar surface area (TPSA) is 52.0 Å². The second-order valence-corrected chi connectivity index (χ2v) is 8.03. The molecule has 31 heavy (non-hydrogen) atoms. The Hall–Kier alpha value is -3.31. The number of ether oxygens (including phenoxy) is 2. The molecule has 0 saturated heterocycles. The van der Waals surface area contributed by atoms with Crippen LogP contribution in [0.15, 0.2) is 84.9 Å². The molecule has 1 aliphatic heterocycles. The third-order valence-corrected chi connectivity index (χ3v) is 5.80. The summed E-state index contributed by atoms with van der Waals surface area (Å²) < 4.78 is 11.9. The Labute approximate surface area is 183 Å². The molecule has 160 valence electrons. The largest absolute Gasteiger partial charge is 0.486 e. The van der Waals surface area contributed by atoms with Gasteiger partial charge in [-0.3, -0.25) is 4.79 Å². The Morgan fingerprint density at radius 2 is 1.48 bits per heavy atom. The van der Waals surface area contributed by atoms with Crippen LogP contribution >= 0.6 is 0 Å². The molecule has 5 nitrogen and oxygen atoms in total. The molecule has 4 rings (SSSR count). The van der Waals surface area contributed by atoms with E-state index >= 15 is 0 Å². The van der Waals surface area contributed by atoms with Crippen LogP contribution in [0.2, 0.25) is 0 Å². The van der Waals surface area contributed by atoms with E-state index in [2.05, 4.69) is 5.32 Å². The molecular formula is C26H29N2O3+. The first kappa shape index (κ1) is 20.9. The molecule has 3 aromatic carbocycles. The Kier molecular flexibility index (Phi) is 6.53. The molecule has 0 fully saturated rings. The van der Waals surface area contributed by atoms with Gasteiger partial charge < -0.3 is 19.7 Å². The lowest BCUT2D eigenvalue weighted by molar-refractivity contribution is -0.897. The molecule has 3 aromatic rings. The van der Waals surface area contributed by atoms with E-state index in [1.54, 1.807) is 0 Å². The highest BCUT2D eigenvalue weighted by atomic mass is 16.6. The van der Waals surface area contributed by atoms with Crippen LogP contribution in [0.4, 0.5) is 0 Å². The van der Waals surface area contributed by atoms with Crippen molar-refractivity contribution in [3.63, 3.8) is 0 Å². The van der Waals surface area contributed by atoms with E-state index in [-0.39, 0.29) is 24.1 Å². The fraction of sp³-hybridized carbons (Fsp3) is 0.269. The molecule has 5 heteroatoms. The fourth-order valence-corrected chi connectivity index (χ4v) is 3.84. The van der Waals surface area contributed by atoms with Gasteiger partial charge in [0.15, 0.2) is 23.6 Å². The normalized spacial score (nSPS) is 17.1. The third kappa shape index (κ3) is 5.06. The summed E-state index contributed by atoms with van der Waals surface area (Å²) in [4.78, 5) is 14.3. The summed E-state index contributed by atoms with van der Waals surface area (Å²) in [6.45, 7) is 3.11. The van der Waals surface area contributed by atoms with Crippen LogP contribution in [0.1, 0.15) is 24.1 Å². The summed E-state index contributed by atoms with van der Waals surface area (Å²) in [6.07, 6.45) is -0.0933. The average Bonchev–Trinajstić information content (AvgIpc) is 2.83. The predicted molar refractivity (Wildman–Crippen MR) is 120 cm³/mol. The zero-order chi connectivity index (χ0) is 21.6. The van der Waals surface area contributed by atoms with Crippen molar-refractivity contribution in [2.75, 3.05) is 20.2 Å². The first-order chi connectivity index (χ1) is 15.1. The van der Waals surface area contributed by atoms with Crippen molar-refractivity contribution in [3.8, 4) is 11.5 Å². The monoisotopic (exact) mass is 417 g/mol. The van der Waals surface area contributed by atoms with Gasteiger partial charge in [0.25, 0.3) is 5.91 Å². The maximum atomic E-state index is 13.2. The summed E-state index contributed by atoms with van der Waals surface area (Å²) in [5, 5.41) is 3.25. The molecule has 1 heterocycles. The summed E-state index contributed by atoms with van der Waals surface area (Å²) in [7, 11) is 2.02. The van der Waals surface area contributed by atoms with Crippen molar-refractivity contribution < 1.29 is 19.2 Å². The molecular weight excluding hydrogens is 388 g/mol. The number of carbonyl (C=O) groups is 1. The number of nitrogens with one attached hydrogen (secondary N) is 2. The van der Waals surface area contributed by atoms with Crippen molar-refractivity contribution in [2.45, 2.75) is 25.1 Å². The van der Waals surface area contributed by atoms with Gasteiger partial charge in [-0.2, -0.15) is 0 Å². The van der Waals surface area contributed by atoms with E-state index in [9.17, 15) is 4.79 Å². The number of benzene rings is 3. The zero-order valence-electron chi connectivity index (χ0n) is 18.0. The first-order valence-electron chi connectivity index (χ1n) is 10.7.